The zero-order valence-electron chi connectivity index (χ0n) is 15.4. The van der Waals surface area contributed by atoms with E-state index in [2.05, 4.69) is 10.2 Å². The number of hydrogen-bond acceptors (Lipinski definition) is 4. The topological polar surface area (TPSA) is 52.7 Å². The Morgan fingerprint density at radius 3 is 2.64 bits per heavy atom. The van der Waals surface area contributed by atoms with Gasteiger partial charge in [-0.05, 0) is 44.7 Å². The summed E-state index contributed by atoms with van der Waals surface area (Å²) >= 11 is 1.94. The first kappa shape index (κ1) is 19.8. The second kappa shape index (κ2) is 9.82. The minimum absolute atomic E-state index is 0.0250. The van der Waals surface area contributed by atoms with Gasteiger partial charge in [-0.1, -0.05) is 25.1 Å². The molecule has 0 aliphatic carbocycles. The van der Waals surface area contributed by atoms with Crippen molar-refractivity contribution < 1.29 is 9.59 Å². The van der Waals surface area contributed by atoms with Crippen LogP contribution in [0.5, 0.6) is 0 Å². The zero-order valence-corrected chi connectivity index (χ0v) is 16.2. The fourth-order valence-corrected chi connectivity index (χ4v) is 4.29. The number of thioether (sulfide) groups is 1. The Balaban J connectivity index is 1.96. The molecule has 0 saturated carbocycles. The van der Waals surface area contributed by atoms with Crippen LogP contribution < -0.4 is 5.32 Å². The molecule has 1 saturated heterocycles. The molecule has 1 fully saturated rings. The first-order valence-electron chi connectivity index (χ1n) is 8.96. The van der Waals surface area contributed by atoms with Gasteiger partial charge in [0.05, 0.1) is 6.54 Å². The summed E-state index contributed by atoms with van der Waals surface area (Å²) < 4.78 is 0. The number of rotatable bonds is 8. The molecular formula is C19H29N3O2S. The van der Waals surface area contributed by atoms with Gasteiger partial charge >= 0.3 is 0 Å². The van der Waals surface area contributed by atoms with Gasteiger partial charge in [-0.25, -0.2) is 0 Å². The Bertz CT molecular complexity index is 561. The predicted octanol–water partition coefficient (Wildman–Crippen LogP) is 2.69. The highest BCUT2D eigenvalue weighted by Crippen LogP contribution is 2.21. The molecule has 1 aromatic carbocycles. The highest BCUT2D eigenvalue weighted by atomic mass is 32.2. The maximum Gasteiger partial charge on any atom is 0.246 e. The van der Waals surface area contributed by atoms with Crippen LogP contribution in [0.2, 0.25) is 0 Å². The molecule has 1 aliphatic rings. The Labute approximate surface area is 155 Å². The molecule has 1 heterocycles. The van der Waals surface area contributed by atoms with E-state index in [1.54, 1.807) is 11.8 Å². The molecule has 1 aromatic rings. The van der Waals surface area contributed by atoms with Crippen LogP contribution >= 0.6 is 11.8 Å². The molecule has 25 heavy (non-hydrogen) atoms. The van der Waals surface area contributed by atoms with Crippen LogP contribution in [0.1, 0.15) is 26.7 Å². The van der Waals surface area contributed by atoms with Crippen molar-refractivity contribution in [1.29, 1.82) is 0 Å². The minimum Gasteiger partial charge on any atom is -0.330 e. The van der Waals surface area contributed by atoms with Crippen molar-refractivity contribution in [3.8, 4) is 0 Å². The lowest BCUT2D eigenvalue weighted by molar-refractivity contribution is -0.139. The summed E-state index contributed by atoms with van der Waals surface area (Å²) in [6.45, 7) is 4.79. The Kier molecular flexibility index (Phi) is 7.78. The van der Waals surface area contributed by atoms with Crippen LogP contribution in [-0.2, 0) is 9.59 Å². The van der Waals surface area contributed by atoms with E-state index >= 15 is 0 Å². The van der Waals surface area contributed by atoms with Gasteiger partial charge in [-0.3, -0.25) is 14.5 Å². The summed E-state index contributed by atoms with van der Waals surface area (Å²) in [4.78, 5) is 29.2. The number of amides is 2. The van der Waals surface area contributed by atoms with E-state index in [1.807, 2.05) is 56.1 Å². The first-order valence-corrected chi connectivity index (χ1v) is 10.1. The van der Waals surface area contributed by atoms with Crippen molar-refractivity contribution in [3.05, 3.63) is 30.3 Å². The Morgan fingerprint density at radius 1 is 1.32 bits per heavy atom. The number of carbonyl (C=O) groups is 2. The Morgan fingerprint density at radius 2 is 2.04 bits per heavy atom. The van der Waals surface area contributed by atoms with Crippen LogP contribution in [-0.4, -0.2) is 65.3 Å². The molecule has 1 aliphatic heterocycles. The first-order chi connectivity index (χ1) is 12.0. The van der Waals surface area contributed by atoms with Gasteiger partial charge < -0.3 is 10.2 Å². The number of para-hydroxylation sites is 1. The monoisotopic (exact) mass is 363 g/mol. The standard InChI is InChI=1S/C19H29N3O2S/c1-4-11-22(18(23)13-21(3)17-10-12-25-14-17)15(2)19(24)20-16-8-6-5-7-9-16/h5-9,15,17H,4,10-14H2,1-3H3,(H,20,24)/t15-,17+/m1/s1. The predicted molar refractivity (Wildman–Crippen MR) is 105 cm³/mol. The normalized spacial score (nSPS) is 18.2. The van der Waals surface area contributed by atoms with Crippen LogP contribution in [0, 0.1) is 0 Å². The van der Waals surface area contributed by atoms with Gasteiger partial charge in [0.25, 0.3) is 0 Å². The summed E-state index contributed by atoms with van der Waals surface area (Å²) in [5.41, 5.74) is 0.753. The minimum atomic E-state index is -0.487. The quantitative estimate of drug-likeness (QED) is 0.772. The number of anilines is 1. The van der Waals surface area contributed by atoms with E-state index in [1.165, 1.54) is 0 Å². The molecule has 0 unspecified atom stereocenters. The zero-order chi connectivity index (χ0) is 18.2. The average molecular weight is 364 g/mol. The SMILES string of the molecule is CCCN(C(=O)CN(C)[C@H]1CCSC1)[C@H](C)C(=O)Nc1ccccc1. The van der Waals surface area contributed by atoms with Crippen molar-refractivity contribution >= 4 is 29.3 Å². The summed E-state index contributed by atoms with van der Waals surface area (Å²) in [6, 6.07) is 9.34. The van der Waals surface area contributed by atoms with Gasteiger partial charge in [-0.15, -0.1) is 0 Å². The van der Waals surface area contributed by atoms with E-state index in [-0.39, 0.29) is 11.8 Å². The number of hydrogen-bond donors (Lipinski definition) is 1. The van der Waals surface area contributed by atoms with Crippen molar-refractivity contribution in [3.63, 3.8) is 0 Å². The van der Waals surface area contributed by atoms with Gasteiger partial charge in [0.2, 0.25) is 11.8 Å². The molecule has 0 aromatic heterocycles. The largest absolute Gasteiger partial charge is 0.330 e. The summed E-state index contributed by atoms with van der Waals surface area (Å²) in [5.74, 6) is 2.13. The molecule has 0 radical (unpaired) electrons. The molecule has 5 nitrogen and oxygen atoms in total. The number of likely N-dealkylation sites (N-methyl/N-ethyl adjacent to an activating group) is 1. The number of nitrogens with one attached hydrogen (secondary N) is 1. The molecular weight excluding hydrogens is 334 g/mol. The smallest absolute Gasteiger partial charge is 0.246 e. The molecule has 0 bridgehead atoms. The summed E-state index contributed by atoms with van der Waals surface area (Å²) in [5, 5.41) is 2.89. The van der Waals surface area contributed by atoms with E-state index in [0.717, 1.165) is 30.0 Å². The van der Waals surface area contributed by atoms with Gasteiger partial charge in [-0.2, -0.15) is 11.8 Å². The maximum absolute atomic E-state index is 12.8. The van der Waals surface area contributed by atoms with Crippen LogP contribution in [0.25, 0.3) is 0 Å². The van der Waals surface area contributed by atoms with Crippen molar-refractivity contribution in [1.82, 2.24) is 9.80 Å². The van der Waals surface area contributed by atoms with E-state index in [9.17, 15) is 9.59 Å². The van der Waals surface area contributed by atoms with Crippen molar-refractivity contribution in [2.45, 2.75) is 38.8 Å². The van der Waals surface area contributed by atoms with E-state index in [4.69, 9.17) is 0 Å². The van der Waals surface area contributed by atoms with Crippen LogP contribution in [0.15, 0.2) is 30.3 Å². The third-order valence-corrected chi connectivity index (χ3v) is 5.73. The summed E-state index contributed by atoms with van der Waals surface area (Å²) in [7, 11) is 2.01. The molecule has 0 spiro atoms. The number of nitrogens with zero attached hydrogens (tertiary/aromatic N) is 2. The van der Waals surface area contributed by atoms with Crippen LogP contribution in [0.4, 0.5) is 5.69 Å². The van der Waals surface area contributed by atoms with E-state index < -0.39 is 6.04 Å². The third-order valence-electron chi connectivity index (χ3n) is 4.59. The van der Waals surface area contributed by atoms with Crippen molar-refractivity contribution in [2.75, 3.05) is 37.0 Å². The maximum atomic E-state index is 12.8. The highest BCUT2D eigenvalue weighted by Gasteiger charge is 2.28. The summed E-state index contributed by atoms with van der Waals surface area (Å²) in [6.07, 6.45) is 1.96. The molecule has 2 rings (SSSR count). The van der Waals surface area contributed by atoms with Crippen molar-refractivity contribution in [2.24, 2.45) is 0 Å². The highest BCUT2D eigenvalue weighted by molar-refractivity contribution is 7.99. The number of carbonyl (C=O) groups excluding carboxylic acids is 2. The second-order valence-corrected chi connectivity index (χ2v) is 7.70. The number of benzene rings is 1. The van der Waals surface area contributed by atoms with E-state index in [0.29, 0.717) is 19.1 Å². The molecule has 2 atom stereocenters. The lowest BCUT2D eigenvalue weighted by Gasteiger charge is -2.31. The fourth-order valence-electron chi connectivity index (χ4n) is 2.99. The lowest BCUT2D eigenvalue weighted by atomic mass is 10.2. The second-order valence-electron chi connectivity index (χ2n) is 6.55. The third kappa shape index (κ3) is 5.75. The fraction of sp³-hybridized carbons (Fsp3) is 0.579. The molecule has 6 heteroatoms. The Hall–Kier alpha value is -1.53. The molecule has 1 N–H and O–H groups in total. The average Bonchev–Trinajstić information content (AvgIpc) is 3.14. The molecule has 138 valence electrons. The molecule has 2 amide bonds. The van der Waals surface area contributed by atoms with Gasteiger partial charge in [0.1, 0.15) is 6.04 Å². The van der Waals surface area contributed by atoms with Gasteiger partial charge in [0.15, 0.2) is 0 Å². The van der Waals surface area contributed by atoms with Crippen LogP contribution in [0.3, 0.4) is 0 Å². The lowest BCUT2D eigenvalue weighted by Crippen LogP contribution is -2.50. The van der Waals surface area contributed by atoms with Gasteiger partial charge in [0, 0.05) is 24.0 Å².